The average molecular weight is 359 g/mol. The first-order valence-corrected chi connectivity index (χ1v) is 8.55. The lowest BCUT2D eigenvalue weighted by atomic mass is 9.95. The number of aromatic nitrogens is 2. The molecule has 2 heterocycles. The van der Waals surface area contributed by atoms with Gasteiger partial charge in [-0.25, -0.2) is 9.78 Å². The van der Waals surface area contributed by atoms with Crippen LogP contribution in [0.3, 0.4) is 0 Å². The lowest BCUT2D eigenvalue weighted by molar-refractivity contribution is -0.150. The molecule has 2 aromatic heterocycles. The van der Waals surface area contributed by atoms with Crippen LogP contribution in [0.2, 0.25) is 0 Å². The fourth-order valence-corrected chi connectivity index (χ4v) is 2.96. The van der Waals surface area contributed by atoms with Crippen LogP contribution in [-0.2, 0) is 20.9 Å². The van der Waals surface area contributed by atoms with Crippen LogP contribution in [0.25, 0.3) is 11.1 Å². The molecule has 2 N–H and O–H groups in total. The highest BCUT2D eigenvalue weighted by Crippen LogP contribution is 2.29. The largest absolute Gasteiger partial charge is 0.462 e. The molecule has 0 spiro atoms. The summed E-state index contributed by atoms with van der Waals surface area (Å²) >= 11 is 0. The van der Waals surface area contributed by atoms with Crippen LogP contribution in [0.4, 0.5) is 5.82 Å². The summed E-state index contributed by atoms with van der Waals surface area (Å²) in [5.41, 5.74) is 6.38. The normalized spacial score (nSPS) is 16.6. The fourth-order valence-electron chi connectivity index (χ4n) is 2.96. The van der Waals surface area contributed by atoms with Gasteiger partial charge in [0.25, 0.3) is 0 Å². The first kappa shape index (κ1) is 17.9. The molecule has 0 radical (unpaired) electrons. The van der Waals surface area contributed by atoms with E-state index in [1.807, 2.05) is 6.08 Å². The molecule has 0 aliphatic heterocycles. The quantitative estimate of drug-likeness (QED) is 0.639. The number of nitrogens with zero attached hydrogens (tertiary/aromatic N) is 2. The van der Waals surface area contributed by atoms with Crippen LogP contribution < -0.4 is 5.73 Å². The number of nitrogen functional groups attached to an aromatic ring is 1. The van der Waals surface area contributed by atoms with Gasteiger partial charge in [0.05, 0.1) is 17.9 Å². The van der Waals surface area contributed by atoms with E-state index in [2.05, 4.69) is 16.0 Å². The number of aryl methyl sites for hydroxylation is 1. The number of carbonyl (C=O) groups is 2. The molecule has 0 saturated heterocycles. The van der Waals surface area contributed by atoms with Gasteiger partial charge in [-0.05, 0) is 33.1 Å². The van der Waals surface area contributed by atoms with E-state index in [-0.39, 0.29) is 48.0 Å². The summed E-state index contributed by atoms with van der Waals surface area (Å²) in [6, 6.07) is 0. The number of nitrogens with two attached hydrogens (primary N) is 1. The van der Waals surface area contributed by atoms with Crippen molar-refractivity contribution in [2.24, 2.45) is 5.92 Å². The molecular weight excluding hydrogens is 338 g/mol. The van der Waals surface area contributed by atoms with Crippen molar-refractivity contribution in [2.45, 2.75) is 39.7 Å². The number of hydrogen-bond donors (Lipinski definition) is 1. The SMILES string of the molecule is CCOC(=O)c1c(C)oc2nc(COC(=O)C3CC=CCC3)nc(N)c12. The number of hydrogen-bond acceptors (Lipinski definition) is 8. The Morgan fingerprint density at radius 3 is 2.81 bits per heavy atom. The maximum atomic E-state index is 12.1. The van der Waals surface area contributed by atoms with Gasteiger partial charge in [-0.15, -0.1) is 0 Å². The zero-order valence-corrected chi connectivity index (χ0v) is 14.8. The fraction of sp³-hybridized carbons (Fsp3) is 0.444. The minimum absolute atomic E-state index is 0.0848. The van der Waals surface area contributed by atoms with Crippen LogP contribution >= 0.6 is 0 Å². The molecule has 3 rings (SSSR count). The van der Waals surface area contributed by atoms with Crippen molar-refractivity contribution >= 4 is 28.9 Å². The molecule has 1 aliphatic rings. The average Bonchev–Trinajstić information content (AvgIpc) is 2.97. The monoisotopic (exact) mass is 359 g/mol. The van der Waals surface area contributed by atoms with E-state index in [1.165, 1.54) is 0 Å². The zero-order chi connectivity index (χ0) is 18.7. The Bertz CT molecular complexity index is 871. The summed E-state index contributed by atoms with van der Waals surface area (Å²) in [5.74, 6) is -0.298. The van der Waals surface area contributed by atoms with Crippen molar-refractivity contribution in [1.29, 1.82) is 0 Å². The molecule has 8 nitrogen and oxygen atoms in total. The number of furan rings is 1. The number of rotatable bonds is 5. The molecule has 26 heavy (non-hydrogen) atoms. The predicted octanol–water partition coefficient (Wildman–Crippen LogP) is 2.69. The summed E-state index contributed by atoms with van der Waals surface area (Å²) in [7, 11) is 0. The lowest BCUT2D eigenvalue weighted by Gasteiger charge is -2.16. The molecule has 0 aromatic carbocycles. The van der Waals surface area contributed by atoms with E-state index >= 15 is 0 Å². The van der Waals surface area contributed by atoms with Crippen LogP contribution in [0, 0.1) is 12.8 Å². The van der Waals surface area contributed by atoms with Crippen molar-refractivity contribution in [3.05, 3.63) is 29.3 Å². The van der Waals surface area contributed by atoms with E-state index in [4.69, 9.17) is 19.6 Å². The van der Waals surface area contributed by atoms with Crippen molar-refractivity contribution in [3.8, 4) is 0 Å². The molecule has 1 atom stereocenters. The Hall–Kier alpha value is -2.90. The number of ether oxygens (including phenoxy) is 2. The van der Waals surface area contributed by atoms with Gasteiger partial charge in [-0.3, -0.25) is 4.79 Å². The molecule has 0 fully saturated rings. The van der Waals surface area contributed by atoms with Crippen molar-refractivity contribution in [1.82, 2.24) is 9.97 Å². The van der Waals surface area contributed by atoms with E-state index in [1.54, 1.807) is 13.8 Å². The van der Waals surface area contributed by atoms with E-state index < -0.39 is 5.97 Å². The number of fused-ring (bicyclic) bond motifs is 1. The predicted molar refractivity (Wildman–Crippen MR) is 93.2 cm³/mol. The number of anilines is 1. The lowest BCUT2D eigenvalue weighted by Crippen LogP contribution is -2.19. The standard InChI is InChI=1S/C18H21N3O5/c1-3-24-18(23)13-10(2)26-16-14(13)15(19)20-12(21-16)9-25-17(22)11-7-5-4-6-8-11/h4-5,11H,3,6-9H2,1-2H3,(H2,19,20,21). The highest BCUT2D eigenvalue weighted by Gasteiger charge is 2.25. The maximum Gasteiger partial charge on any atom is 0.342 e. The topological polar surface area (TPSA) is 118 Å². The van der Waals surface area contributed by atoms with Gasteiger partial charge in [-0.2, -0.15) is 4.98 Å². The van der Waals surface area contributed by atoms with Crippen molar-refractivity contribution in [2.75, 3.05) is 12.3 Å². The van der Waals surface area contributed by atoms with Gasteiger partial charge >= 0.3 is 11.9 Å². The van der Waals surface area contributed by atoms with Gasteiger partial charge in [-0.1, -0.05) is 12.2 Å². The summed E-state index contributed by atoms with van der Waals surface area (Å²) in [4.78, 5) is 32.6. The number of esters is 2. The Kier molecular flexibility index (Phi) is 5.20. The smallest absolute Gasteiger partial charge is 0.342 e. The highest BCUT2D eigenvalue weighted by atomic mass is 16.5. The third-order valence-electron chi connectivity index (χ3n) is 4.23. The second kappa shape index (κ2) is 7.55. The van der Waals surface area contributed by atoms with Gasteiger partial charge in [0, 0.05) is 0 Å². The third kappa shape index (κ3) is 3.54. The minimum Gasteiger partial charge on any atom is -0.462 e. The molecule has 1 aliphatic carbocycles. The zero-order valence-electron chi connectivity index (χ0n) is 14.8. The van der Waals surface area contributed by atoms with Crippen LogP contribution in [0.15, 0.2) is 16.6 Å². The van der Waals surface area contributed by atoms with E-state index in [0.29, 0.717) is 17.6 Å². The van der Waals surface area contributed by atoms with Gasteiger partial charge in [0.1, 0.15) is 17.1 Å². The van der Waals surface area contributed by atoms with Gasteiger partial charge in [0.2, 0.25) is 5.71 Å². The molecule has 0 saturated carbocycles. The van der Waals surface area contributed by atoms with Gasteiger partial charge in [0.15, 0.2) is 12.4 Å². The third-order valence-corrected chi connectivity index (χ3v) is 4.23. The second-order valence-electron chi connectivity index (χ2n) is 6.05. The molecule has 1 unspecified atom stereocenters. The first-order chi connectivity index (χ1) is 12.5. The maximum absolute atomic E-state index is 12.1. The second-order valence-corrected chi connectivity index (χ2v) is 6.05. The van der Waals surface area contributed by atoms with Crippen LogP contribution in [-0.4, -0.2) is 28.5 Å². The summed E-state index contributed by atoms with van der Waals surface area (Å²) in [5, 5.41) is 0.313. The summed E-state index contributed by atoms with van der Waals surface area (Å²) in [6.07, 6.45) is 6.37. The Labute approximate surface area is 150 Å². The van der Waals surface area contributed by atoms with Gasteiger partial charge < -0.3 is 19.6 Å². The molecule has 0 amide bonds. The molecule has 2 aromatic rings. The van der Waals surface area contributed by atoms with E-state index in [0.717, 1.165) is 12.8 Å². The molecule has 8 heteroatoms. The molecule has 138 valence electrons. The highest BCUT2D eigenvalue weighted by molar-refractivity contribution is 6.07. The van der Waals surface area contributed by atoms with Crippen molar-refractivity contribution in [3.63, 3.8) is 0 Å². The Balaban J connectivity index is 1.79. The molecular formula is C18H21N3O5. The van der Waals surface area contributed by atoms with Crippen molar-refractivity contribution < 1.29 is 23.5 Å². The first-order valence-electron chi connectivity index (χ1n) is 8.55. The minimum atomic E-state index is -0.538. The molecule has 0 bridgehead atoms. The van der Waals surface area contributed by atoms with Crippen LogP contribution in [0.1, 0.15) is 48.1 Å². The Morgan fingerprint density at radius 1 is 1.31 bits per heavy atom. The number of carbonyl (C=O) groups excluding carboxylic acids is 2. The number of allylic oxidation sites excluding steroid dienone is 2. The van der Waals surface area contributed by atoms with Crippen LogP contribution in [0.5, 0.6) is 0 Å². The summed E-state index contributed by atoms with van der Waals surface area (Å²) in [6.45, 7) is 3.47. The Morgan fingerprint density at radius 2 is 2.12 bits per heavy atom. The van der Waals surface area contributed by atoms with E-state index in [9.17, 15) is 9.59 Å². The summed E-state index contributed by atoms with van der Waals surface area (Å²) < 4.78 is 15.9.